The molecule has 28 heavy (non-hydrogen) atoms. The maximum Gasteiger partial charge on any atom is 0.500 e. The lowest BCUT2D eigenvalue weighted by atomic mass is 10.2. The number of hydrogen-bond acceptors (Lipinski definition) is 8. The molecule has 1 heterocycles. The van der Waals surface area contributed by atoms with Crippen LogP contribution in [0.4, 0.5) is 0 Å². The van der Waals surface area contributed by atoms with Gasteiger partial charge < -0.3 is 36.4 Å². The fourth-order valence-corrected chi connectivity index (χ4v) is 7.22. The maximum atomic E-state index is 5.50. The average molecular weight is 439 g/mol. The summed E-state index contributed by atoms with van der Waals surface area (Å²) in [6.45, 7) is 6.81. The Kier molecular flexibility index (Phi) is 13.2. The Labute approximate surface area is 174 Å². The first-order valence-corrected chi connectivity index (χ1v) is 14.1. The third kappa shape index (κ3) is 8.46. The van der Waals surface area contributed by atoms with Crippen molar-refractivity contribution in [3.63, 3.8) is 0 Å². The third-order valence-electron chi connectivity index (χ3n) is 5.75. The van der Waals surface area contributed by atoms with Crippen molar-refractivity contribution < 1.29 is 26.6 Å². The van der Waals surface area contributed by atoms with Crippen molar-refractivity contribution in [2.24, 2.45) is 0 Å². The van der Waals surface area contributed by atoms with E-state index in [9.17, 15) is 0 Å². The fourth-order valence-electron chi connectivity index (χ4n) is 3.72. The van der Waals surface area contributed by atoms with Gasteiger partial charge in [0, 0.05) is 80.9 Å². The summed E-state index contributed by atoms with van der Waals surface area (Å²) in [6, 6.07) is 1.76. The number of hydrogen-bond donors (Lipinski definition) is 0. The summed E-state index contributed by atoms with van der Waals surface area (Å²) in [5, 5.41) is 0. The second-order valence-corrected chi connectivity index (χ2v) is 13.4. The molecule has 0 N–H and O–H groups in total. The van der Waals surface area contributed by atoms with Gasteiger partial charge in [0.1, 0.15) is 0 Å². The maximum absolute atomic E-state index is 5.50. The first kappa shape index (κ1) is 26.1. The summed E-state index contributed by atoms with van der Waals surface area (Å²) in [6.07, 6.45) is 4.53. The lowest BCUT2D eigenvalue weighted by molar-refractivity contribution is 0.113. The number of rotatable bonds is 16. The van der Waals surface area contributed by atoms with E-state index >= 15 is 0 Å². The monoisotopic (exact) mass is 438 g/mol. The third-order valence-corrected chi connectivity index (χ3v) is 11.4. The van der Waals surface area contributed by atoms with E-state index in [1.165, 1.54) is 19.4 Å². The Morgan fingerprint density at radius 3 is 1.25 bits per heavy atom. The predicted molar refractivity (Wildman–Crippen MR) is 115 cm³/mol. The molecule has 0 unspecified atom stereocenters. The molecule has 0 aromatic heterocycles. The largest absolute Gasteiger partial charge is 0.500 e. The van der Waals surface area contributed by atoms with Crippen LogP contribution in [0.25, 0.3) is 0 Å². The van der Waals surface area contributed by atoms with Crippen LogP contribution in [0.1, 0.15) is 25.7 Å². The molecule has 0 spiro atoms. The van der Waals surface area contributed by atoms with Crippen LogP contribution in [0.2, 0.25) is 12.1 Å². The normalized spacial score (nSPS) is 17.4. The van der Waals surface area contributed by atoms with Gasteiger partial charge in [-0.2, -0.15) is 0 Å². The molecule has 0 aromatic carbocycles. The highest BCUT2D eigenvalue weighted by Crippen LogP contribution is 2.18. The highest BCUT2D eigenvalue weighted by molar-refractivity contribution is 6.60. The predicted octanol–water partition coefficient (Wildman–Crippen LogP) is 1.92. The van der Waals surface area contributed by atoms with Gasteiger partial charge in [-0.05, 0) is 32.4 Å². The zero-order valence-corrected chi connectivity index (χ0v) is 20.8. The van der Waals surface area contributed by atoms with E-state index in [1.807, 2.05) is 0 Å². The van der Waals surface area contributed by atoms with E-state index < -0.39 is 17.6 Å². The molecule has 0 radical (unpaired) electrons. The lowest BCUT2D eigenvalue weighted by Crippen LogP contribution is -2.47. The van der Waals surface area contributed by atoms with E-state index in [-0.39, 0.29) is 0 Å². The van der Waals surface area contributed by atoms with E-state index in [0.717, 1.165) is 57.7 Å². The second kappa shape index (κ2) is 14.2. The van der Waals surface area contributed by atoms with Crippen LogP contribution < -0.4 is 0 Å². The van der Waals surface area contributed by atoms with E-state index in [2.05, 4.69) is 9.80 Å². The minimum absolute atomic E-state index is 0.867. The summed E-state index contributed by atoms with van der Waals surface area (Å²) in [5.74, 6) is 0. The molecule has 1 aliphatic heterocycles. The van der Waals surface area contributed by atoms with Gasteiger partial charge in [0.2, 0.25) is 0 Å². The molecule has 0 aliphatic carbocycles. The van der Waals surface area contributed by atoms with Crippen LogP contribution in [0.3, 0.4) is 0 Å². The van der Waals surface area contributed by atoms with Gasteiger partial charge >= 0.3 is 17.6 Å². The Morgan fingerprint density at radius 1 is 0.500 bits per heavy atom. The van der Waals surface area contributed by atoms with Gasteiger partial charge in [0.15, 0.2) is 0 Å². The van der Waals surface area contributed by atoms with Crippen LogP contribution in [-0.4, -0.2) is 109 Å². The van der Waals surface area contributed by atoms with Crippen molar-refractivity contribution in [2.75, 3.05) is 81.9 Å². The zero-order chi connectivity index (χ0) is 20.9. The van der Waals surface area contributed by atoms with Crippen molar-refractivity contribution in [1.29, 1.82) is 0 Å². The molecule has 0 saturated carbocycles. The number of nitrogens with zero attached hydrogens (tertiary/aromatic N) is 2. The molecule has 10 heteroatoms. The summed E-state index contributed by atoms with van der Waals surface area (Å²) in [4.78, 5) is 5.11. The van der Waals surface area contributed by atoms with Gasteiger partial charge in [-0.25, -0.2) is 0 Å². The Bertz CT molecular complexity index is 376. The topological polar surface area (TPSA) is 61.9 Å². The highest BCUT2D eigenvalue weighted by Gasteiger charge is 2.37. The molecular formula is C18H42N2O6Si2. The molecule has 0 atom stereocenters. The average Bonchev–Trinajstić information content (AvgIpc) is 2.75. The SMILES string of the molecule is CO[Si](CCCCCN1CCN(CCC[Si](OC)(OC)OC)CC1)(OC)OC. The Balaban J connectivity index is 2.13. The zero-order valence-electron chi connectivity index (χ0n) is 18.8. The number of unbranched alkanes of at least 4 members (excludes halogenated alkanes) is 2. The Hall–Kier alpha value is 0.114. The van der Waals surface area contributed by atoms with Crippen LogP contribution >= 0.6 is 0 Å². The first-order valence-electron chi connectivity index (χ1n) is 10.3. The van der Waals surface area contributed by atoms with Crippen LogP contribution in [0.5, 0.6) is 0 Å². The van der Waals surface area contributed by atoms with Crippen molar-refractivity contribution >= 4 is 17.6 Å². The minimum atomic E-state index is -2.42. The quantitative estimate of drug-likeness (QED) is 0.268. The second-order valence-electron chi connectivity index (χ2n) is 7.19. The molecule has 1 saturated heterocycles. The lowest BCUT2D eigenvalue weighted by Gasteiger charge is -2.35. The summed E-state index contributed by atoms with van der Waals surface area (Å²) >= 11 is 0. The van der Waals surface area contributed by atoms with E-state index in [0.29, 0.717) is 0 Å². The first-order chi connectivity index (χ1) is 13.5. The molecule has 1 rings (SSSR count). The van der Waals surface area contributed by atoms with Gasteiger partial charge in [-0.15, -0.1) is 0 Å². The summed E-state index contributed by atoms with van der Waals surface area (Å²) < 4.78 is 32.9. The standard InChI is InChI=1S/C18H42N2O6Si2/c1-21-27(22-2,23-3)17-9-7-8-11-19-13-15-20(16-14-19)12-10-18-28(24-4,25-5)26-6/h7-18H2,1-6H3. The molecule has 1 fully saturated rings. The molecule has 1 aliphatic rings. The molecule has 0 aromatic rings. The summed E-state index contributed by atoms with van der Waals surface area (Å²) in [7, 11) is 5.27. The fraction of sp³-hybridized carbons (Fsp3) is 1.00. The van der Waals surface area contributed by atoms with Gasteiger partial charge in [0.05, 0.1) is 0 Å². The van der Waals surface area contributed by atoms with Crippen molar-refractivity contribution in [3.8, 4) is 0 Å². The highest BCUT2D eigenvalue weighted by atomic mass is 28.4. The van der Waals surface area contributed by atoms with Crippen LogP contribution in [0.15, 0.2) is 0 Å². The molecule has 0 bridgehead atoms. The molecular weight excluding hydrogens is 396 g/mol. The Morgan fingerprint density at radius 2 is 0.857 bits per heavy atom. The summed E-state index contributed by atoms with van der Waals surface area (Å²) in [5.41, 5.74) is 0. The van der Waals surface area contributed by atoms with Gasteiger partial charge in [-0.1, -0.05) is 6.42 Å². The minimum Gasteiger partial charge on any atom is -0.377 e. The smallest absolute Gasteiger partial charge is 0.377 e. The van der Waals surface area contributed by atoms with Crippen LogP contribution in [-0.2, 0) is 26.6 Å². The van der Waals surface area contributed by atoms with Gasteiger partial charge in [0.25, 0.3) is 0 Å². The molecule has 168 valence electrons. The molecule has 8 nitrogen and oxygen atoms in total. The van der Waals surface area contributed by atoms with Gasteiger partial charge in [-0.3, -0.25) is 0 Å². The van der Waals surface area contributed by atoms with Crippen molar-refractivity contribution in [3.05, 3.63) is 0 Å². The van der Waals surface area contributed by atoms with Crippen molar-refractivity contribution in [1.82, 2.24) is 9.80 Å². The van der Waals surface area contributed by atoms with E-state index in [4.69, 9.17) is 26.6 Å². The number of piperazine rings is 1. The van der Waals surface area contributed by atoms with E-state index in [1.54, 1.807) is 42.7 Å². The van der Waals surface area contributed by atoms with Crippen LogP contribution in [0, 0.1) is 0 Å². The molecule has 0 amide bonds. The van der Waals surface area contributed by atoms with Crippen molar-refractivity contribution in [2.45, 2.75) is 37.8 Å².